The van der Waals surface area contributed by atoms with Crippen molar-refractivity contribution in [2.24, 2.45) is 11.7 Å². The van der Waals surface area contributed by atoms with E-state index in [1.165, 1.54) is 25.0 Å². The summed E-state index contributed by atoms with van der Waals surface area (Å²) in [6.45, 7) is 2.89. The number of halogens is 2. The molecule has 0 heterocycles. The Labute approximate surface area is 128 Å². The van der Waals surface area contributed by atoms with Crippen LogP contribution in [0.3, 0.4) is 0 Å². The van der Waals surface area contributed by atoms with E-state index in [4.69, 9.17) is 10.5 Å². The molecule has 3 nitrogen and oxygen atoms in total. The Kier molecular flexibility index (Phi) is 5.96. The molecule has 0 amide bonds. The van der Waals surface area contributed by atoms with Crippen molar-refractivity contribution < 1.29 is 9.13 Å². The molecule has 0 spiro atoms. The molecule has 1 fully saturated rings. The van der Waals surface area contributed by atoms with E-state index in [1.54, 1.807) is 6.07 Å². The van der Waals surface area contributed by atoms with Gasteiger partial charge in [0.25, 0.3) is 0 Å². The first kappa shape index (κ1) is 15.9. The van der Waals surface area contributed by atoms with E-state index in [2.05, 4.69) is 20.8 Å². The molecule has 1 atom stereocenters. The highest BCUT2D eigenvalue weighted by Crippen LogP contribution is 2.29. The number of rotatable bonds is 8. The molecular weight excluding hydrogens is 323 g/mol. The topological polar surface area (TPSA) is 38.5 Å². The third kappa shape index (κ3) is 4.52. The lowest BCUT2D eigenvalue weighted by Gasteiger charge is -2.28. The minimum absolute atomic E-state index is 0.0644. The maximum absolute atomic E-state index is 13.2. The molecule has 1 aliphatic carbocycles. The highest BCUT2D eigenvalue weighted by molar-refractivity contribution is 9.10. The fourth-order valence-corrected chi connectivity index (χ4v) is 2.83. The predicted molar refractivity (Wildman–Crippen MR) is 82.1 cm³/mol. The van der Waals surface area contributed by atoms with Crippen LogP contribution in [0.1, 0.15) is 24.4 Å². The van der Waals surface area contributed by atoms with E-state index in [-0.39, 0.29) is 11.9 Å². The molecule has 0 aromatic heterocycles. The first-order chi connectivity index (χ1) is 9.61. The maximum Gasteiger partial charge on any atom is 0.124 e. The van der Waals surface area contributed by atoms with Gasteiger partial charge < -0.3 is 10.5 Å². The summed E-state index contributed by atoms with van der Waals surface area (Å²) < 4.78 is 19.6. The summed E-state index contributed by atoms with van der Waals surface area (Å²) in [5, 5.41) is 0. The molecule has 0 aliphatic heterocycles. The Hall–Kier alpha value is -0.490. The molecule has 0 saturated heterocycles. The number of ether oxygens (including phenoxy) is 1. The lowest BCUT2D eigenvalue weighted by Crippen LogP contribution is -2.33. The van der Waals surface area contributed by atoms with Crippen molar-refractivity contribution in [2.45, 2.75) is 18.9 Å². The van der Waals surface area contributed by atoms with Gasteiger partial charge in [0.2, 0.25) is 0 Å². The third-order valence-electron chi connectivity index (χ3n) is 3.72. The lowest BCUT2D eigenvalue weighted by molar-refractivity contribution is 0.0921. The lowest BCUT2D eigenvalue weighted by atomic mass is 10.1. The van der Waals surface area contributed by atoms with Gasteiger partial charge >= 0.3 is 0 Å². The summed E-state index contributed by atoms with van der Waals surface area (Å²) >= 11 is 3.41. The summed E-state index contributed by atoms with van der Waals surface area (Å²) in [4.78, 5) is 2.16. The number of nitrogens with two attached hydrogens (primary N) is 1. The molecule has 0 bridgehead atoms. The summed E-state index contributed by atoms with van der Waals surface area (Å²) in [5.74, 6) is 0.545. The number of hydrogen-bond acceptors (Lipinski definition) is 3. The number of likely N-dealkylation sites (N-methyl/N-ethyl adjacent to an activating group) is 1. The number of hydrogen-bond donors (Lipinski definition) is 1. The Morgan fingerprint density at radius 3 is 2.85 bits per heavy atom. The number of benzene rings is 1. The van der Waals surface area contributed by atoms with Crippen molar-refractivity contribution in [2.75, 3.05) is 33.4 Å². The van der Waals surface area contributed by atoms with Crippen molar-refractivity contribution in [3.8, 4) is 0 Å². The van der Waals surface area contributed by atoms with E-state index in [1.807, 2.05) is 7.05 Å². The summed E-state index contributed by atoms with van der Waals surface area (Å²) in [7, 11) is 2.02. The zero-order valence-electron chi connectivity index (χ0n) is 11.8. The molecule has 1 aromatic rings. The average Bonchev–Trinajstić information content (AvgIpc) is 3.22. The highest BCUT2D eigenvalue weighted by Gasteiger charge is 2.22. The van der Waals surface area contributed by atoms with E-state index < -0.39 is 0 Å². The molecule has 112 valence electrons. The second-order valence-corrected chi connectivity index (χ2v) is 6.27. The Bertz CT molecular complexity index is 440. The maximum atomic E-state index is 13.2. The van der Waals surface area contributed by atoms with Crippen molar-refractivity contribution in [1.29, 1.82) is 0 Å². The van der Waals surface area contributed by atoms with E-state index >= 15 is 0 Å². The molecule has 1 saturated carbocycles. The van der Waals surface area contributed by atoms with Crippen LogP contribution < -0.4 is 5.73 Å². The van der Waals surface area contributed by atoms with E-state index in [9.17, 15) is 4.39 Å². The normalized spacial score (nSPS) is 16.6. The van der Waals surface area contributed by atoms with Crippen molar-refractivity contribution in [3.05, 3.63) is 34.1 Å². The Balaban J connectivity index is 1.88. The first-order valence-electron chi connectivity index (χ1n) is 7.04. The van der Waals surface area contributed by atoms with Gasteiger partial charge in [0, 0.05) is 30.2 Å². The highest BCUT2D eigenvalue weighted by atomic mass is 79.9. The standard InChI is InChI=1S/C15H22BrFN2O/c1-19(6-7-20-10-11-2-3-11)15(9-18)13-5-4-12(17)8-14(13)16/h4-5,8,11,15H,2-3,6-7,9-10,18H2,1H3. The molecule has 1 aromatic carbocycles. The van der Waals surface area contributed by atoms with Gasteiger partial charge in [0.05, 0.1) is 6.61 Å². The van der Waals surface area contributed by atoms with Gasteiger partial charge in [-0.15, -0.1) is 0 Å². The van der Waals surface area contributed by atoms with Crippen LogP contribution in [0.4, 0.5) is 4.39 Å². The van der Waals surface area contributed by atoms with Gasteiger partial charge in [-0.2, -0.15) is 0 Å². The summed E-state index contributed by atoms with van der Waals surface area (Å²) in [5.41, 5.74) is 6.89. The van der Waals surface area contributed by atoms with E-state index in [0.717, 1.165) is 29.1 Å². The largest absolute Gasteiger partial charge is 0.380 e. The SMILES string of the molecule is CN(CCOCC1CC1)C(CN)c1ccc(F)cc1Br. The van der Waals surface area contributed by atoms with Crippen molar-refractivity contribution in [3.63, 3.8) is 0 Å². The molecule has 1 unspecified atom stereocenters. The van der Waals surface area contributed by atoms with Crippen LogP contribution in [-0.2, 0) is 4.74 Å². The van der Waals surface area contributed by atoms with Crippen LogP contribution in [0.25, 0.3) is 0 Å². The van der Waals surface area contributed by atoms with Gasteiger partial charge in [-0.1, -0.05) is 22.0 Å². The van der Waals surface area contributed by atoms with Gasteiger partial charge in [-0.25, -0.2) is 4.39 Å². The molecule has 2 N–H and O–H groups in total. The van der Waals surface area contributed by atoms with E-state index in [0.29, 0.717) is 13.2 Å². The molecule has 2 rings (SSSR count). The minimum Gasteiger partial charge on any atom is -0.380 e. The van der Waals surface area contributed by atoms with Gasteiger partial charge in [-0.05, 0) is 43.5 Å². The fourth-order valence-electron chi connectivity index (χ4n) is 2.21. The zero-order chi connectivity index (χ0) is 14.5. The quantitative estimate of drug-likeness (QED) is 0.737. The Morgan fingerprint density at radius 2 is 2.25 bits per heavy atom. The smallest absolute Gasteiger partial charge is 0.124 e. The second-order valence-electron chi connectivity index (χ2n) is 5.42. The third-order valence-corrected chi connectivity index (χ3v) is 4.40. The molecule has 1 aliphatic rings. The van der Waals surface area contributed by atoms with Gasteiger partial charge in [0.1, 0.15) is 5.82 Å². The van der Waals surface area contributed by atoms with Crippen molar-refractivity contribution >= 4 is 15.9 Å². The predicted octanol–water partition coefficient (Wildman–Crippen LogP) is 2.95. The van der Waals surface area contributed by atoms with Crippen LogP contribution in [0.15, 0.2) is 22.7 Å². The zero-order valence-corrected chi connectivity index (χ0v) is 13.4. The average molecular weight is 345 g/mol. The molecule has 20 heavy (non-hydrogen) atoms. The molecule has 0 radical (unpaired) electrons. The Morgan fingerprint density at radius 1 is 1.50 bits per heavy atom. The van der Waals surface area contributed by atoms with Crippen LogP contribution in [0.2, 0.25) is 0 Å². The van der Waals surface area contributed by atoms with Crippen molar-refractivity contribution in [1.82, 2.24) is 4.90 Å². The second kappa shape index (κ2) is 7.50. The summed E-state index contributed by atoms with van der Waals surface area (Å²) in [6, 6.07) is 4.81. The molecular formula is C15H22BrFN2O. The first-order valence-corrected chi connectivity index (χ1v) is 7.84. The van der Waals surface area contributed by atoms with Gasteiger partial charge in [0.15, 0.2) is 0 Å². The van der Waals surface area contributed by atoms with Crippen LogP contribution in [0, 0.1) is 11.7 Å². The monoisotopic (exact) mass is 344 g/mol. The van der Waals surface area contributed by atoms with Crippen LogP contribution >= 0.6 is 15.9 Å². The van der Waals surface area contributed by atoms with Gasteiger partial charge in [-0.3, -0.25) is 4.90 Å². The fraction of sp³-hybridized carbons (Fsp3) is 0.600. The number of nitrogens with zero attached hydrogens (tertiary/aromatic N) is 1. The molecule has 5 heteroatoms. The summed E-state index contributed by atoms with van der Waals surface area (Å²) in [6.07, 6.45) is 2.62. The van der Waals surface area contributed by atoms with Crippen LogP contribution in [-0.4, -0.2) is 38.3 Å². The minimum atomic E-state index is -0.244. The van der Waals surface area contributed by atoms with Crippen LogP contribution in [0.5, 0.6) is 0 Å².